The molecule has 0 radical (unpaired) electrons. The molecule has 0 aliphatic heterocycles. The van der Waals surface area contributed by atoms with Gasteiger partial charge in [0.05, 0.1) is 30.0 Å². The van der Waals surface area contributed by atoms with E-state index in [1.165, 1.54) is 43.5 Å². The highest BCUT2D eigenvalue weighted by atomic mass is 19.4. The van der Waals surface area contributed by atoms with Gasteiger partial charge in [-0.1, -0.05) is 12.1 Å². The van der Waals surface area contributed by atoms with Crippen molar-refractivity contribution in [1.29, 1.82) is 0 Å². The molecule has 0 saturated carbocycles. The molecule has 152 valence electrons. The Hall–Kier alpha value is -3.47. The molecule has 11 heteroatoms. The second kappa shape index (κ2) is 8.27. The quantitative estimate of drug-likeness (QED) is 0.677. The number of methoxy groups -OCH3 is 1. The Labute approximate surface area is 162 Å². The van der Waals surface area contributed by atoms with E-state index in [0.29, 0.717) is 12.3 Å². The number of nitrogens with one attached hydrogen (secondary N) is 1. The van der Waals surface area contributed by atoms with Crippen LogP contribution in [0.25, 0.3) is 5.69 Å². The minimum Gasteiger partial charge on any atom is -0.383 e. The molecule has 3 rings (SSSR count). The number of nitrogens with zero attached hydrogens (tertiary/aromatic N) is 4. The number of carbonyl (C=O) groups excluding carboxylic acids is 1. The molecule has 0 bridgehead atoms. The van der Waals surface area contributed by atoms with E-state index in [1.807, 2.05) is 0 Å². The maximum atomic E-state index is 13.1. The molecule has 0 spiro atoms. The monoisotopic (exact) mass is 407 g/mol. The van der Waals surface area contributed by atoms with Gasteiger partial charge in [-0.3, -0.25) is 4.79 Å². The van der Waals surface area contributed by atoms with Gasteiger partial charge in [-0.25, -0.2) is 4.79 Å². The topological polar surface area (TPSA) is 91.0 Å². The zero-order valence-corrected chi connectivity index (χ0v) is 15.2. The third kappa shape index (κ3) is 4.51. The van der Waals surface area contributed by atoms with Gasteiger partial charge in [0.2, 0.25) is 0 Å². The second-order valence-electron chi connectivity index (χ2n) is 5.93. The van der Waals surface area contributed by atoms with Crippen LogP contribution in [0.3, 0.4) is 0 Å². The lowest BCUT2D eigenvalue weighted by molar-refractivity contribution is -0.137. The molecule has 8 nitrogen and oxygen atoms in total. The molecule has 2 aromatic carbocycles. The molecule has 29 heavy (non-hydrogen) atoms. The third-order valence-corrected chi connectivity index (χ3v) is 3.99. The minimum absolute atomic E-state index is 0.238. The zero-order chi connectivity index (χ0) is 21.0. The number of anilines is 1. The van der Waals surface area contributed by atoms with Gasteiger partial charge in [-0.2, -0.15) is 22.5 Å². The Morgan fingerprint density at radius 3 is 2.45 bits per heavy atom. The molecule has 1 amide bonds. The van der Waals surface area contributed by atoms with Crippen molar-refractivity contribution in [1.82, 2.24) is 19.8 Å². The average Bonchev–Trinajstić information content (AvgIpc) is 3.06. The number of halogens is 3. The van der Waals surface area contributed by atoms with Crippen LogP contribution < -0.4 is 11.0 Å². The molecule has 0 atom stereocenters. The first-order valence-corrected chi connectivity index (χ1v) is 8.41. The van der Waals surface area contributed by atoms with Crippen LogP contribution in [0.4, 0.5) is 18.9 Å². The highest BCUT2D eigenvalue weighted by Crippen LogP contribution is 2.32. The maximum Gasteiger partial charge on any atom is 0.417 e. The van der Waals surface area contributed by atoms with Crippen molar-refractivity contribution < 1.29 is 22.7 Å². The van der Waals surface area contributed by atoms with Crippen LogP contribution in [0.5, 0.6) is 0 Å². The summed E-state index contributed by atoms with van der Waals surface area (Å²) in [6.07, 6.45) is -4.65. The Morgan fingerprint density at radius 1 is 1.10 bits per heavy atom. The van der Waals surface area contributed by atoms with Crippen molar-refractivity contribution >= 4 is 11.6 Å². The SMILES string of the molecule is COCCn1nnn(-c2ccc(NC(=O)c3ccccc3C(F)(F)F)cc2)c1=O. The molecule has 0 unspecified atom stereocenters. The first-order chi connectivity index (χ1) is 13.8. The lowest BCUT2D eigenvalue weighted by Gasteiger charge is -2.12. The Balaban J connectivity index is 1.78. The molecule has 1 N–H and O–H groups in total. The third-order valence-electron chi connectivity index (χ3n) is 3.99. The zero-order valence-electron chi connectivity index (χ0n) is 15.2. The summed E-state index contributed by atoms with van der Waals surface area (Å²) in [5, 5.41) is 9.91. The minimum atomic E-state index is -4.65. The fraction of sp³-hybridized carbons (Fsp3) is 0.222. The van der Waals surface area contributed by atoms with E-state index in [4.69, 9.17) is 4.74 Å². The van der Waals surface area contributed by atoms with E-state index in [9.17, 15) is 22.8 Å². The van der Waals surface area contributed by atoms with Crippen molar-refractivity contribution in [3.63, 3.8) is 0 Å². The molecule has 1 heterocycles. The fourth-order valence-corrected chi connectivity index (χ4v) is 2.57. The van der Waals surface area contributed by atoms with Gasteiger partial charge in [0, 0.05) is 12.8 Å². The number of alkyl halides is 3. The van der Waals surface area contributed by atoms with Crippen LogP contribution in [-0.2, 0) is 17.5 Å². The van der Waals surface area contributed by atoms with Crippen LogP contribution in [-0.4, -0.2) is 39.4 Å². The number of rotatable bonds is 6. The smallest absolute Gasteiger partial charge is 0.383 e. The number of benzene rings is 2. The van der Waals surface area contributed by atoms with Crippen molar-refractivity contribution in [2.24, 2.45) is 0 Å². The van der Waals surface area contributed by atoms with Gasteiger partial charge in [0.15, 0.2) is 0 Å². The Morgan fingerprint density at radius 2 is 1.79 bits per heavy atom. The summed E-state index contributed by atoms with van der Waals surface area (Å²) in [5.74, 6) is -0.895. The Bertz CT molecular complexity index is 1060. The van der Waals surface area contributed by atoms with Crippen molar-refractivity contribution in [3.05, 3.63) is 70.1 Å². The summed E-state index contributed by atoms with van der Waals surface area (Å²) in [7, 11) is 1.50. The Kier molecular flexibility index (Phi) is 5.78. The molecule has 0 aliphatic rings. The summed E-state index contributed by atoms with van der Waals surface area (Å²) in [4.78, 5) is 24.5. The number of carbonyl (C=O) groups is 1. The van der Waals surface area contributed by atoms with Gasteiger partial charge in [0.1, 0.15) is 0 Å². The lowest BCUT2D eigenvalue weighted by atomic mass is 10.1. The molecule has 0 saturated heterocycles. The molecule has 3 aromatic rings. The van der Waals surface area contributed by atoms with E-state index >= 15 is 0 Å². The van der Waals surface area contributed by atoms with Crippen LogP contribution in [0.1, 0.15) is 15.9 Å². The van der Waals surface area contributed by atoms with E-state index in [2.05, 4.69) is 15.7 Å². The summed E-state index contributed by atoms with van der Waals surface area (Å²) >= 11 is 0. The van der Waals surface area contributed by atoms with Crippen molar-refractivity contribution in [3.8, 4) is 5.69 Å². The van der Waals surface area contributed by atoms with Crippen LogP contribution in [0.15, 0.2) is 53.3 Å². The van der Waals surface area contributed by atoms with Crippen LogP contribution in [0.2, 0.25) is 0 Å². The van der Waals surface area contributed by atoms with Gasteiger partial charge >= 0.3 is 11.9 Å². The molecule has 0 fully saturated rings. The predicted molar refractivity (Wildman–Crippen MR) is 96.9 cm³/mol. The number of aromatic nitrogens is 4. The fourth-order valence-electron chi connectivity index (χ4n) is 2.57. The van der Waals surface area contributed by atoms with E-state index < -0.39 is 28.9 Å². The molecule has 0 aliphatic carbocycles. The van der Waals surface area contributed by atoms with Crippen molar-refractivity contribution in [2.45, 2.75) is 12.7 Å². The van der Waals surface area contributed by atoms with E-state index in [0.717, 1.165) is 21.5 Å². The summed E-state index contributed by atoms with van der Waals surface area (Å²) < 4.78 is 46.3. The van der Waals surface area contributed by atoms with E-state index in [-0.39, 0.29) is 12.2 Å². The van der Waals surface area contributed by atoms with Gasteiger partial charge < -0.3 is 10.1 Å². The number of hydrogen-bond acceptors (Lipinski definition) is 5. The average molecular weight is 407 g/mol. The summed E-state index contributed by atoms with van der Waals surface area (Å²) in [6.45, 7) is 0.533. The molecular formula is C18H16F3N5O3. The maximum absolute atomic E-state index is 13.1. The first-order valence-electron chi connectivity index (χ1n) is 8.41. The lowest BCUT2D eigenvalue weighted by Crippen LogP contribution is -2.25. The number of amides is 1. The predicted octanol–water partition coefficient (Wildman–Crippen LogP) is 2.35. The summed E-state index contributed by atoms with van der Waals surface area (Å²) in [5.41, 5.74) is -1.34. The highest BCUT2D eigenvalue weighted by Gasteiger charge is 2.34. The number of ether oxygens (including phenoxy) is 1. The highest BCUT2D eigenvalue weighted by molar-refractivity contribution is 6.05. The van der Waals surface area contributed by atoms with Gasteiger partial charge in [-0.15, -0.1) is 0 Å². The van der Waals surface area contributed by atoms with Crippen LogP contribution in [0, 0.1) is 0 Å². The molecule has 1 aromatic heterocycles. The number of tetrazole rings is 1. The van der Waals surface area contributed by atoms with Crippen LogP contribution >= 0.6 is 0 Å². The van der Waals surface area contributed by atoms with Crippen molar-refractivity contribution in [2.75, 3.05) is 19.0 Å². The largest absolute Gasteiger partial charge is 0.417 e. The van der Waals surface area contributed by atoms with E-state index in [1.54, 1.807) is 0 Å². The normalized spacial score (nSPS) is 11.4. The summed E-state index contributed by atoms with van der Waals surface area (Å²) in [6, 6.07) is 10.4. The molecular weight excluding hydrogens is 391 g/mol. The van der Waals surface area contributed by atoms with Gasteiger partial charge in [-0.05, 0) is 46.8 Å². The first kappa shape index (κ1) is 20.3. The number of hydrogen-bond donors (Lipinski definition) is 1. The van der Waals surface area contributed by atoms with Gasteiger partial charge in [0.25, 0.3) is 5.91 Å². The standard InChI is InChI=1S/C18H16F3N5O3/c1-29-11-10-25-17(28)26(24-23-25)13-8-6-12(7-9-13)22-16(27)14-4-2-3-5-15(14)18(19,20)21/h2-9H,10-11H2,1H3,(H,22,27). The second-order valence-corrected chi connectivity index (χ2v) is 5.93.